The minimum atomic E-state index is -0.184. The zero-order valence-electron chi connectivity index (χ0n) is 8.33. The third-order valence-electron chi connectivity index (χ3n) is 2.16. The average Bonchev–Trinajstić information content (AvgIpc) is 2.18. The van der Waals surface area contributed by atoms with E-state index in [4.69, 9.17) is 5.11 Å². The second-order valence-electron chi connectivity index (χ2n) is 3.27. The summed E-state index contributed by atoms with van der Waals surface area (Å²) in [6.45, 7) is 2.78. The van der Waals surface area contributed by atoms with Gasteiger partial charge in [-0.3, -0.25) is 0 Å². The summed E-state index contributed by atoms with van der Waals surface area (Å²) in [5.74, 6) is -0.184. The fourth-order valence-electron chi connectivity index (χ4n) is 1.33. The van der Waals surface area contributed by atoms with Crippen LogP contribution in [0.4, 0.5) is 4.39 Å². The molecule has 1 rings (SSSR count). The maximum absolute atomic E-state index is 13.3. The second kappa shape index (κ2) is 5.73. The Morgan fingerprint density at radius 3 is 2.79 bits per heavy atom. The number of aliphatic hydroxyl groups is 1. The van der Waals surface area contributed by atoms with Crippen molar-refractivity contribution in [3.05, 3.63) is 35.6 Å². The third-order valence-corrected chi connectivity index (χ3v) is 2.16. The molecule has 0 amide bonds. The van der Waals surface area contributed by atoms with E-state index in [-0.39, 0.29) is 18.5 Å². The molecule has 2 nitrogen and oxygen atoms in total. The highest BCUT2D eigenvalue weighted by atomic mass is 19.1. The van der Waals surface area contributed by atoms with Crippen molar-refractivity contribution in [2.24, 2.45) is 0 Å². The van der Waals surface area contributed by atoms with Gasteiger partial charge in [-0.25, -0.2) is 4.39 Å². The van der Waals surface area contributed by atoms with Gasteiger partial charge in [0.2, 0.25) is 0 Å². The Balaban J connectivity index is 2.51. The van der Waals surface area contributed by atoms with Crippen LogP contribution in [0.2, 0.25) is 0 Å². The predicted octanol–water partition coefficient (Wildman–Crippen LogP) is 1.86. The number of rotatable bonds is 5. The largest absolute Gasteiger partial charge is 0.396 e. The Kier molecular flexibility index (Phi) is 4.56. The van der Waals surface area contributed by atoms with Crippen LogP contribution in [0.3, 0.4) is 0 Å². The summed E-state index contributed by atoms with van der Waals surface area (Å²) in [4.78, 5) is 0. The quantitative estimate of drug-likeness (QED) is 0.706. The van der Waals surface area contributed by atoms with Gasteiger partial charge in [0, 0.05) is 18.2 Å². The highest BCUT2D eigenvalue weighted by molar-refractivity contribution is 5.20. The first kappa shape index (κ1) is 11.1. The van der Waals surface area contributed by atoms with E-state index in [0.29, 0.717) is 18.5 Å². The zero-order chi connectivity index (χ0) is 10.4. The van der Waals surface area contributed by atoms with Gasteiger partial charge < -0.3 is 10.4 Å². The molecule has 0 fully saturated rings. The van der Waals surface area contributed by atoms with Crippen molar-refractivity contribution >= 4 is 0 Å². The molecular formula is C11H16FNO. The van der Waals surface area contributed by atoms with E-state index in [1.165, 1.54) is 6.07 Å². The van der Waals surface area contributed by atoms with E-state index in [0.717, 1.165) is 0 Å². The lowest BCUT2D eigenvalue weighted by atomic mass is 10.1. The molecular weight excluding hydrogens is 181 g/mol. The molecule has 78 valence electrons. The number of hydrogen-bond donors (Lipinski definition) is 2. The number of hydrogen-bond acceptors (Lipinski definition) is 2. The normalized spacial score (nSPS) is 12.8. The molecule has 0 aliphatic carbocycles. The molecule has 14 heavy (non-hydrogen) atoms. The smallest absolute Gasteiger partial charge is 0.127 e. The number of benzene rings is 1. The molecule has 1 aromatic carbocycles. The molecule has 1 atom stereocenters. The van der Waals surface area contributed by atoms with Gasteiger partial charge >= 0.3 is 0 Å². The molecule has 3 heteroatoms. The van der Waals surface area contributed by atoms with Gasteiger partial charge in [-0.2, -0.15) is 0 Å². The monoisotopic (exact) mass is 197 g/mol. The van der Waals surface area contributed by atoms with Crippen molar-refractivity contribution in [1.29, 1.82) is 0 Å². The lowest BCUT2D eigenvalue weighted by Crippen LogP contribution is -2.21. The Morgan fingerprint density at radius 2 is 2.14 bits per heavy atom. The molecule has 0 aliphatic rings. The Bertz CT molecular complexity index is 278. The molecule has 0 radical (unpaired) electrons. The van der Waals surface area contributed by atoms with Crippen LogP contribution in [-0.2, 0) is 0 Å². The molecule has 2 N–H and O–H groups in total. The van der Waals surface area contributed by atoms with E-state index in [1.54, 1.807) is 12.1 Å². The van der Waals surface area contributed by atoms with Crippen LogP contribution in [0.25, 0.3) is 0 Å². The predicted molar refractivity (Wildman–Crippen MR) is 54.5 cm³/mol. The van der Waals surface area contributed by atoms with Crippen LogP contribution < -0.4 is 5.32 Å². The second-order valence-corrected chi connectivity index (χ2v) is 3.27. The first-order valence-corrected chi connectivity index (χ1v) is 4.84. The minimum absolute atomic E-state index is 0.0113. The summed E-state index contributed by atoms with van der Waals surface area (Å²) in [5.41, 5.74) is 0.672. The molecule has 0 saturated heterocycles. The summed E-state index contributed by atoms with van der Waals surface area (Å²) in [7, 11) is 0. The number of nitrogens with one attached hydrogen (secondary N) is 1. The zero-order valence-corrected chi connectivity index (χ0v) is 8.33. The molecule has 0 aliphatic heterocycles. The first-order valence-electron chi connectivity index (χ1n) is 4.84. The molecule has 1 aromatic rings. The van der Waals surface area contributed by atoms with E-state index in [9.17, 15) is 4.39 Å². The standard InChI is InChI=1S/C11H16FNO/c1-9(13-7-4-8-14)10-5-2-3-6-11(10)12/h2-3,5-6,9,13-14H,4,7-8H2,1H3/t9-/m0/s1. The highest BCUT2D eigenvalue weighted by Gasteiger charge is 2.08. The van der Waals surface area contributed by atoms with Crippen molar-refractivity contribution in [3.8, 4) is 0 Å². The molecule has 0 unspecified atom stereocenters. The SMILES string of the molecule is C[C@H](NCCCO)c1ccccc1F. The third kappa shape index (κ3) is 3.09. The van der Waals surface area contributed by atoms with Crippen LogP contribution in [0.15, 0.2) is 24.3 Å². The molecule has 0 heterocycles. The van der Waals surface area contributed by atoms with Gasteiger partial charge in [0.05, 0.1) is 0 Å². The number of aliphatic hydroxyl groups excluding tert-OH is 1. The van der Waals surface area contributed by atoms with Crippen LogP contribution >= 0.6 is 0 Å². The van der Waals surface area contributed by atoms with Gasteiger partial charge in [-0.15, -0.1) is 0 Å². The summed E-state index contributed by atoms with van der Waals surface area (Å²) in [6, 6.07) is 6.72. The molecule has 0 saturated carbocycles. The van der Waals surface area contributed by atoms with Crippen molar-refractivity contribution in [1.82, 2.24) is 5.32 Å². The van der Waals surface area contributed by atoms with E-state index in [1.807, 2.05) is 13.0 Å². The maximum Gasteiger partial charge on any atom is 0.127 e. The van der Waals surface area contributed by atoms with Gasteiger partial charge in [0.25, 0.3) is 0 Å². The lowest BCUT2D eigenvalue weighted by molar-refractivity contribution is 0.283. The van der Waals surface area contributed by atoms with Crippen LogP contribution in [0, 0.1) is 5.82 Å². The van der Waals surface area contributed by atoms with Gasteiger partial charge in [-0.05, 0) is 26.0 Å². The summed E-state index contributed by atoms with van der Waals surface area (Å²) < 4.78 is 13.3. The van der Waals surface area contributed by atoms with Crippen molar-refractivity contribution < 1.29 is 9.50 Å². The van der Waals surface area contributed by atoms with E-state index >= 15 is 0 Å². The van der Waals surface area contributed by atoms with Crippen LogP contribution in [0.1, 0.15) is 24.9 Å². The summed E-state index contributed by atoms with van der Waals surface area (Å²) in [5, 5.41) is 11.7. The van der Waals surface area contributed by atoms with Crippen molar-refractivity contribution in [2.45, 2.75) is 19.4 Å². The number of halogens is 1. The topological polar surface area (TPSA) is 32.3 Å². The summed E-state index contributed by atoms with van der Waals surface area (Å²) >= 11 is 0. The Morgan fingerprint density at radius 1 is 1.43 bits per heavy atom. The van der Waals surface area contributed by atoms with Crippen LogP contribution in [0.5, 0.6) is 0 Å². The molecule has 0 bridgehead atoms. The van der Waals surface area contributed by atoms with E-state index in [2.05, 4.69) is 5.32 Å². The van der Waals surface area contributed by atoms with Crippen molar-refractivity contribution in [2.75, 3.05) is 13.2 Å². The Labute approximate surface area is 83.8 Å². The highest BCUT2D eigenvalue weighted by Crippen LogP contribution is 2.15. The lowest BCUT2D eigenvalue weighted by Gasteiger charge is -2.14. The summed E-state index contributed by atoms with van der Waals surface area (Å²) in [6.07, 6.45) is 0.693. The molecule has 0 spiro atoms. The fourth-order valence-corrected chi connectivity index (χ4v) is 1.33. The average molecular weight is 197 g/mol. The van der Waals surface area contributed by atoms with E-state index < -0.39 is 0 Å². The van der Waals surface area contributed by atoms with Crippen LogP contribution in [-0.4, -0.2) is 18.3 Å². The maximum atomic E-state index is 13.3. The van der Waals surface area contributed by atoms with Gasteiger partial charge in [0.15, 0.2) is 0 Å². The fraction of sp³-hybridized carbons (Fsp3) is 0.455. The minimum Gasteiger partial charge on any atom is -0.396 e. The first-order chi connectivity index (χ1) is 6.75. The van der Waals surface area contributed by atoms with Gasteiger partial charge in [-0.1, -0.05) is 18.2 Å². The Hall–Kier alpha value is -0.930. The van der Waals surface area contributed by atoms with Gasteiger partial charge in [0.1, 0.15) is 5.82 Å². The van der Waals surface area contributed by atoms with Crippen molar-refractivity contribution in [3.63, 3.8) is 0 Å². The molecule has 0 aromatic heterocycles.